The molecule has 0 aliphatic carbocycles. The zero-order valence-electron chi connectivity index (χ0n) is 7.82. The topological polar surface area (TPSA) is 34.1 Å². The predicted octanol–water partition coefficient (Wildman–Crippen LogP) is 2.45. The van der Waals surface area contributed by atoms with Crippen LogP contribution in [0.25, 0.3) is 0 Å². The van der Waals surface area contributed by atoms with Gasteiger partial charge in [-0.2, -0.15) is 0 Å². The fraction of sp³-hybridized carbons (Fsp3) is 0.455. The summed E-state index contributed by atoms with van der Waals surface area (Å²) in [5.41, 5.74) is 0. The van der Waals surface area contributed by atoms with Crippen molar-refractivity contribution in [2.45, 2.75) is 32.1 Å². The number of allylic oxidation sites excluding steroid dienone is 4. The Kier molecular flexibility index (Phi) is 9.84. The van der Waals surface area contributed by atoms with Crippen molar-refractivity contribution in [1.29, 1.82) is 0 Å². The van der Waals surface area contributed by atoms with Crippen LogP contribution < -0.4 is 0 Å². The summed E-state index contributed by atoms with van der Waals surface area (Å²) >= 11 is 0. The van der Waals surface area contributed by atoms with Crippen molar-refractivity contribution in [2.24, 2.45) is 0 Å². The van der Waals surface area contributed by atoms with Gasteiger partial charge in [-0.25, -0.2) is 0 Å². The molecule has 0 aliphatic heterocycles. The summed E-state index contributed by atoms with van der Waals surface area (Å²) < 4.78 is 0. The second-order valence-electron chi connectivity index (χ2n) is 2.77. The van der Waals surface area contributed by atoms with Gasteiger partial charge in [-0.05, 0) is 37.8 Å². The molecule has 0 heterocycles. The zero-order valence-corrected chi connectivity index (χ0v) is 7.82. The molecule has 0 spiro atoms. The minimum absolute atomic E-state index is 0.798. The normalized spacial score (nSPS) is 11.1. The number of hydrogen-bond acceptors (Lipinski definition) is 2. The third kappa shape index (κ3) is 10.8. The molecule has 0 bridgehead atoms. The lowest BCUT2D eigenvalue weighted by Gasteiger charge is -1.93. The van der Waals surface area contributed by atoms with Crippen molar-refractivity contribution in [3.8, 4) is 0 Å². The second-order valence-corrected chi connectivity index (χ2v) is 2.77. The van der Waals surface area contributed by atoms with Gasteiger partial charge in [-0.15, -0.1) is 0 Å². The zero-order chi connectivity index (χ0) is 9.78. The van der Waals surface area contributed by atoms with Crippen molar-refractivity contribution in [2.75, 3.05) is 0 Å². The minimum Gasteiger partial charge on any atom is -0.299 e. The maximum Gasteiger partial charge on any atom is 0.142 e. The van der Waals surface area contributed by atoms with Crippen LogP contribution in [0, 0.1) is 0 Å². The molecular weight excluding hydrogens is 164 g/mol. The van der Waals surface area contributed by atoms with E-state index in [-0.39, 0.29) is 0 Å². The van der Waals surface area contributed by atoms with Crippen LogP contribution >= 0.6 is 0 Å². The molecule has 0 saturated heterocycles. The standard InChI is InChI=1S/C11H16O2/c12-10-8-6-4-2-1-3-5-7-9-11-13/h6-11H,1-5H2/b8-6+,9-7+. The average molecular weight is 180 g/mol. The number of carbonyl (C=O) groups is 2. The lowest BCUT2D eigenvalue weighted by molar-refractivity contribution is -0.104. The van der Waals surface area contributed by atoms with Crippen LogP contribution in [0.15, 0.2) is 24.3 Å². The first-order valence-electron chi connectivity index (χ1n) is 4.62. The highest BCUT2D eigenvalue weighted by atomic mass is 16.1. The van der Waals surface area contributed by atoms with Crippen LogP contribution in [-0.2, 0) is 9.59 Å². The Labute approximate surface area is 79.3 Å². The van der Waals surface area contributed by atoms with Crippen LogP contribution in [0.3, 0.4) is 0 Å². The summed E-state index contributed by atoms with van der Waals surface area (Å²) in [7, 11) is 0. The molecular formula is C11H16O2. The van der Waals surface area contributed by atoms with E-state index in [0.29, 0.717) is 0 Å². The van der Waals surface area contributed by atoms with Gasteiger partial charge in [0.15, 0.2) is 0 Å². The van der Waals surface area contributed by atoms with Gasteiger partial charge in [0.2, 0.25) is 0 Å². The summed E-state index contributed by atoms with van der Waals surface area (Å²) in [6, 6.07) is 0. The molecule has 0 aromatic carbocycles. The third-order valence-electron chi connectivity index (χ3n) is 1.67. The van der Waals surface area contributed by atoms with Gasteiger partial charge < -0.3 is 0 Å². The Bertz CT molecular complexity index is 161. The van der Waals surface area contributed by atoms with Crippen molar-refractivity contribution in [3.05, 3.63) is 24.3 Å². The van der Waals surface area contributed by atoms with Crippen LogP contribution in [0.1, 0.15) is 32.1 Å². The largest absolute Gasteiger partial charge is 0.299 e. The van der Waals surface area contributed by atoms with E-state index in [1.807, 2.05) is 12.2 Å². The maximum absolute atomic E-state index is 9.88. The molecule has 0 aromatic heterocycles. The van der Waals surface area contributed by atoms with Crippen LogP contribution in [0.2, 0.25) is 0 Å². The lowest BCUT2D eigenvalue weighted by Crippen LogP contribution is -1.75. The smallest absolute Gasteiger partial charge is 0.142 e. The molecule has 0 N–H and O–H groups in total. The fourth-order valence-electron chi connectivity index (χ4n) is 1.00. The molecule has 2 heteroatoms. The summed E-state index contributed by atoms with van der Waals surface area (Å²) in [4.78, 5) is 19.8. The molecule has 2 nitrogen and oxygen atoms in total. The molecule has 72 valence electrons. The van der Waals surface area contributed by atoms with Gasteiger partial charge in [0, 0.05) is 0 Å². The highest BCUT2D eigenvalue weighted by molar-refractivity contribution is 5.64. The first-order valence-corrected chi connectivity index (χ1v) is 4.62. The molecule has 0 atom stereocenters. The van der Waals surface area contributed by atoms with Gasteiger partial charge >= 0.3 is 0 Å². The minimum atomic E-state index is 0.798. The Morgan fingerprint density at radius 3 is 1.54 bits per heavy atom. The van der Waals surface area contributed by atoms with Gasteiger partial charge in [0.05, 0.1) is 0 Å². The average Bonchev–Trinajstić information content (AvgIpc) is 2.16. The third-order valence-corrected chi connectivity index (χ3v) is 1.67. The van der Waals surface area contributed by atoms with Crippen molar-refractivity contribution in [1.82, 2.24) is 0 Å². The summed E-state index contributed by atoms with van der Waals surface area (Å²) in [5.74, 6) is 0. The Morgan fingerprint density at radius 1 is 0.692 bits per heavy atom. The molecule has 0 fully saturated rings. The molecule has 0 aliphatic rings. The molecule has 13 heavy (non-hydrogen) atoms. The summed E-state index contributed by atoms with van der Waals surface area (Å²) in [6.07, 6.45) is 13.7. The Balaban J connectivity index is 3.07. The first kappa shape index (κ1) is 11.8. The lowest BCUT2D eigenvalue weighted by atomic mass is 10.1. The van der Waals surface area contributed by atoms with Crippen molar-refractivity contribution < 1.29 is 9.59 Å². The maximum atomic E-state index is 9.88. The quantitative estimate of drug-likeness (QED) is 0.326. The van der Waals surface area contributed by atoms with E-state index in [0.717, 1.165) is 44.7 Å². The van der Waals surface area contributed by atoms with E-state index < -0.39 is 0 Å². The van der Waals surface area contributed by atoms with Crippen LogP contribution in [0.4, 0.5) is 0 Å². The number of rotatable bonds is 8. The Hall–Kier alpha value is -1.18. The number of unbranched alkanes of at least 4 members (excludes halogenated alkanes) is 4. The van der Waals surface area contributed by atoms with Gasteiger partial charge in [0.25, 0.3) is 0 Å². The van der Waals surface area contributed by atoms with E-state index >= 15 is 0 Å². The second kappa shape index (κ2) is 10.8. The first-order chi connectivity index (χ1) is 6.41. The molecule has 0 unspecified atom stereocenters. The van der Waals surface area contributed by atoms with Crippen LogP contribution in [0.5, 0.6) is 0 Å². The summed E-state index contributed by atoms with van der Waals surface area (Å²) in [5, 5.41) is 0. The summed E-state index contributed by atoms with van der Waals surface area (Å²) in [6.45, 7) is 0. The molecule has 0 rings (SSSR count). The molecule has 0 radical (unpaired) electrons. The van der Waals surface area contributed by atoms with Gasteiger partial charge in [0.1, 0.15) is 12.6 Å². The highest BCUT2D eigenvalue weighted by Gasteiger charge is 1.84. The van der Waals surface area contributed by atoms with E-state index in [2.05, 4.69) is 0 Å². The number of carbonyl (C=O) groups excluding carboxylic acids is 2. The number of aldehydes is 2. The fourth-order valence-corrected chi connectivity index (χ4v) is 1.00. The van der Waals surface area contributed by atoms with E-state index in [9.17, 15) is 9.59 Å². The Morgan fingerprint density at radius 2 is 1.15 bits per heavy atom. The highest BCUT2D eigenvalue weighted by Crippen LogP contribution is 2.03. The number of hydrogen-bond donors (Lipinski definition) is 0. The SMILES string of the molecule is O=C/C=C/CCCCC/C=C/C=O. The van der Waals surface area contributed by atoms with Crippen LogP contribution in [-0.4, -0.2) is 12.6 Å². The molecule has 0 amide bonds. The molecule has 0 saturated carbocycles. The predicted molar refractivity (Wildman–Crippen MR) is 53.5 cm³/mol. The monoisotopic (exact) mass is 180 g/mol. The van der Waals surface area contributed by atoms with E-state index in [4.69, 9.17) is 0 Å². The van der Waals surface area contributed by atoms with Gasteiger partial charge in [-0.1, -0.05) is 18.6 Å². The van der Waals surface area contributed by atoms with Crippen molar-refractivity contribution in [3.63, 3.8) is 0 Å². The van der Waals surface area contributed by atoms with Crippen molar-refractivity contribution >= 4 is 12.6 Å². The molecule has 0 aromatic rings. The van der Waals surface area contributed by atoms with Gasteiger partial charge in [-0.3, -0.25) is 9.59 Å². The van der Waals surface area contributed by atoms with E-state index in [1.165, 1.54) is 12.2 Å². The van der Waals surface area contributed by atoms with E-state index in [1.54, 1.807) is 0 Å².